The number of para-hydroxylation sites is 2. The first-order chi connectivity index (χ1) is 14.5. The Balaban J connectivity index is 1.67. The van der Waals surface area contributed by atoms with Crippen LogP contribution in [0.2, 0.25) is 0 Å². The summed E-state index contributed by atoms with van der Waals surface area (Å²) in [6.45, 7) is 0. The number of hydrogen-bond acceptors (Lipinski definition) is 6. The van der Waals surface area contributed by atoms with Crippen molar-refractivity contribution in [2.75, 3.05) is 17.2 Å². The standard InChI is InChI=1S/C24H21N3O3/c25-16-8-10-18(11-9-16)28-20-13-21(29-19-5-3-4-17(26)12-19)15-22(14-20)30-24-7-2-1-6-23(24)27/h1-15H,25-27H2. The van der Waals surface area contributed by atoms with E-state index in [-0.39, 0.29) is 0 Å². The van der Waals surface area contributed by atoms with Crippen LogP contribution < -0.4 is 31.4 Å². The second-order valence-electron chi connectivity index (χ2n) is 6.63. The average molecular weight is 399 g/mol. The van der Waals surface area contributed by atoms with Crippen molar-refractivity contribution >= 4 is 17.1 Å². The lowest BCUT2D eigenvalue weighted by Gasteiger charge is -2.14. The maximum Gasteiger partial charge on any atom is 0.150 e. The van der Waals surface area contributed by atoms with E-state index in [0.29, 0.717) is 51.6 Å². The van der Waals surface area contributed by atoms with Crippen LogP contribution >= 0.6 is 0 Å². The minimum atomic E-state index is 0.514. The molecule has 0 spiro atoms. The largest absolute Gasteiger partial charge is 0.457 e. The van der Waals surface area contributed by atoms with Crippen molar-refractivity contribution in [3.05, 3.63) is 91.0 Å². The maximum atomic E-state index is 6.01. The lowest BCUT2D eigenvalue weighted by molar-refractivity contribution is 0.440. The highest BCUT2D eigenvalue weighted by molar-refractivity contribution is 5.55. The van der Waals surface area contributed by atoms with Crippen LogP contribution in [-0.2, 0) is 0 Å². The molecule has 0 unspecified atom stereocenters. The van der Waals surface area contributed by atoms with Crippen LogP contribution in [0.25, 0.3) is 0 Å². The molecule has 0 aliphatic carbocycles. The molecule has 0 bridgehead atoms. The summed E-state index contributed by atoms with van der Waals surface area (Å²) in [4.78, 5) is 0. The molecule has 0 saturated heterocycles. The molecule has 6 nitrogen and oxygen atoms in total. The Morgan fingerprint density at radius 2 is 1.07 bits per heavy atom. The van der Waals surface area contributed by atoms with Crippen molar-refractivity contribution in [2.24, 2.45) is 0 Å². The van der Waals surface area contributed by atoms with Crippen molar-refractivity contribution in [3.63, 3.8) is 0 Å². The van der Waals surface area contributed by atoms with E-state index in [1.165, 1.54) is 0 Å². The van der Waals surface area contributed by atoms with Crippen LogP contribution in [0.15, 0.2) is 91.0 Å². The molecule has 0 heterocycles. The minimum absolute atomic E-state index is 0.514. The van der Waals surface area contributed by atoms with Gasteiger partial charge in [-0.2, -0.15) is 0 Å². The first kappa shape index (κ1) is 19.0. The van der Waals surface area contributed by atoms with Crippen molar-refractivity contribution in [3.8, 4) is 34.5 Å². The van der Waals surface area contributed by atoms with E-state index in [1.54, 1.807) is 66.7 Å². The summed E-state index contributed by atoms with van der Waals surface area (Å²) in [5, 5.41) is 0. The molecular weight excluding hydrogens is 378 g/mol. The third-order valence-electron chi connectivity index (χ3n) is 4.21. The number of nitrogens with two attached hydrogens (primary N) is 3. The average Bonchev–Trinajstić information content (AvgIpc) is 2.71. The Kier molecular flexibility index (Phi) is 5.30. The molecule has 0 amide bonds. The summed E-state index contributed by atoms with van der Waals surface area (Å²) in [6, 6.07) is 26.8. The topological polar surface area (TPSA) is 106 Å². The zero-order valence-electron chi connectivity index (χ0n) is 16.1. The second-order valence-corrected chi connectivity index (χ2v) is 6.63. The number of hydrogen-bond donors (Lipinski definition) is 3. The van der Waals surface area contributed by atoms with E-state index in [4.69, 9.17) is 31.4 Å². The highest BCUT2D eigenvalue weighted by Gasteiger charge is 2.09. The normalized spacial score (nSPS) is 10.4. The van der Waals surface area contributed by atoms with Crippen LogP contribution in [0.3, 0.4) is 0 Å². The number of anilines is 3. The number of nitrogen functional groups attached to an aromatic ring is 3. The molecule has 0 saturated carbocycles. The summed E-state index contributed by atoms with van der Waals surface area (Å²) in [7, 11) is 0. The fourth-order valence-electron chi connectivity index (χ4n) is 2.81. The second kappa shape index (κ2) is 8.36. The first-order valence-corrected chi connectivity index (χ1v) is 9.29. The maximum absolute atomic E-state index is 6.01. The highest BCUT2D eigenvalue weighted by Crippen LogP contribution is 2.36. The molecule has 0 atom stereocenters. The van der Waals surface area contributed by atoms with Crippen LogP contribution in [0, 0.1) is 0 Å². The monoisotopic (exact) mass is 399 g/mol. The lowest BCUT2D eigenvalue weighted by atomic mass is 10.2. The molecule has 6 heteroatoms. The Morgan fingerprint density at radius 3 is 1.73 bits per heavy atom. The van der Waals surface area contributed by atoms with Gasteiger partial charge in [0.05, 0.1) is 5.69 Å². The molecule has 30 heavy (non-hydrogen) atoms. The molecule has 0 aliphatic rings. The van der Waals surface area contributed by atoms with Crippen LogP contribution in [-0.4, -0.2) is 0 Å². The van der Waals surface area contributed by atoms with Gasteiger partial charge in [-0.3, -0.25) is 0 Å². The van der Waals surface area contributed by atoms with Crippen LogP contribution in [0.1, 0.15) is 0 Å². The molecule has 0 fully saturated rings. The summed E-state index contributed by atoms with van der Waals surface area (Å²) >= 11 is 0. The van der Waals surface area contributed by atoms with E-state index in [2.05, 4.69) is 0 Å². The van der Waals surface area contributed by atoms with Crippen molar-refractivity contribution in [1.29, 1.82) is 0 Å². The summed E-state index contributed by atoms with van der Waals surface area (Å²) < 4.78 is 17.9. The van der Waals surface area contributed by atoms with Crippen molar-refractivity contribution < 1.29 is 14.2 Å². The van der Waals surface area contributed by atoms with Gasteiger partial charge in [-0.1, -0.05) is 18.2 Å². The molecule has 6 N–H and O–H groups in total. The van der Waals surface area contributed by atoms with Gasteiger partial charge in [0.25, 0.3) is 0 Å². The number of benzene rings is 4. The van der Waals surface area contributed by atoms with Gasteiger partial charge in [0.1, 0.15) is 34.5 Å². The van der Waals surface area contributed by atoms with Gasteiger partial charge in [0.2, 0.25) is 0 Å². The van der Waals surface area contributed by atoms with E-state index < -0.39 is 0 Å². The molecular formula is C24H21N3O3. The smallest absolute Gasteiger partial charge is 0.150 e. The fourth-order valence-corrected chi connectivity index (χ4v) is 2.81. The van der Waals surface area contributed by atoms with Crippen molar-refractivity contribution in [2.45, 2.75) is 0 Å². The highest BCUT2D eigenvalue weighted by atomic mass is 16.5. The summed E-state index contributed by atoms with van der Waals surface area (Å²) in [5.41, 5.74) is 19.4. The number of rotatable bonds is 6. The Labute approximate surface area is 174 Å². The van der Waals surface area contributed by atoms with E-state index in [9.17, 15) is 0 Å². The molecule has 0 aliphatic heterocycles. The van der Waals surface area contributed by atoms with E-state index in [1.807, 2.05) is 24.3 Å². The SMILES string of the molecule is Nc1ccc(Oc2cc(Oc3cccc(N)c3)cc(Oc3ccccc3N)c2)cc1. The molecule has 4 rings (SSSR count). The van der Waals surface area contributed by atoms with Crippen molar-refractivity contribution in [1.82, 2.24) is 0 Å². The predicted molar refractivity (Wildman–Crippen MR) is 119 cm³/mol. The van der Waals surface area contributed by atoms with Gasteiger partial charge in [0.15, 0.2) is 0 Å². The molecule has 4 aromatic carbocycles. The van der Waals surface area contributed by atoms with E-state index >= 15 is 0 Å². The number of ether oxygens (including phenoxy) is 3. The Hall–Kier alpha value is -4.32. The minimum Gasteiger partial charge on any atom is -0.457 e. The van der Waals surface area contributed by atoms with Gasteiger partial charge in [-0.05, 0) is 48.5 Å². The molecule has 150 valence electrons. The van der Waals surface area contributed by atoms with Gasteiger partial charge < -0.3 is 31.4 Å². The molecule has 4 aromatic rings. The van der Waals surface area contributed by atoms with Crippen LogP contribution in [0.5, 0.6) is 34.5 Å². The molecule has 0 radical (unpaired) electrons. The lowest BCUT2D eigenvalue weighted by Crippen LogP contribution is -1.94. The summed E-state index contributed by atoms with van der Waals surface area (Å²) in [6.07, 6.45) is 0. The van der Waals surface area contributed by atoms with Gasteiger partial charge in [-0.15, -0.1) is 0 Å². The first-order valence-electron chi connectivity index (χ1n) is 9.29. The fraction of sp³-hybridized carbons (Fsp3) is 0. The zero-order valence-corrected chi connectivity index (χ0v) is 16.1. The van der Waals surface area contributed by atoms with Gasteiger partial charge >= 0.3 is 0 Å². The quantitative estimate of drug-likeness (QED) is 0.353. The predicted octanol–water partition coefficient (Wildman–Crippen LogP) is 5.81. The molecule has 0 aromatic heterocycles. The van der Waals surface area contributed by atoms with E-state index in [0.717, 1.165) is 0 Å². The summed E-state index contributed by atoms with van der Waals surface area (Å²) in [5.74, 6) is 3.35. The zero-order chi connectivity index (χ0) is 20.9. The van der Waals surface area contributed by atoms with Gasteiger partial charge in [0, 0.05) is 35.6 Å². The Bertz CT molecular complexity index is 1160. The Morgan fingerprint density at radius 1 is 0.433 bits per heavy atom. The third-order valence-corrected chi connectivity index (χ3v) is 4.21. The van der Waals surface area contributed by atoms with Crippen LogP contribution in [0.4, 0.5) is 17.1 Å². The third kappa shape index (κ3) is 4.74. The van der Waals surface area contributed by atoms with Gasteiger partial charge in [-0.25, -0.2) is 0 Å².